The summed E-state index contributed by atoms with van der Waals surface area (Å²) >= 11 is 0. The summed E-state index contributed by atoms with van der Waals surface area (Å²) in [4.78, 5) is 22.0. The van der Waals surface area contributed by atoms with Gasteiger partial charge in [0.25, 0.3) is 0 Å². The fourth-order valence-electron chi connectivity index (χ4n) is 1.37. The molecule has 1 amide bonds. The zero-order valence-corrected chi connectivity index (χ0v) is 10.4. The van der Waals surface area contributed by atoms with E-state index in [0.29, 0.717) is 6.42 Å². The number of amides is 1. The summed E-state index contributed by atoms with van der Waals surface area (Å²) in [6.07, 6.45) is -0.0583. The lowest BCUT2D eigenvalue weighted by molar-refractivity contribution is -0.142. The molecule has 2 N–H and O–H groups in total. The van der Waals surface area contributed by atoms with Crippen LogP contribution in [0.15, 0.2) is 0 Å². The van der Waals surface area contributed by atoms with Gasteiger partial charge in [0.15, 0.2) is 0 Å². The van der Waals surface area contributed by atoms with E-state index in [1.54, 1.807) is 6.92 Å². The molecule has 0 aliphatic rings. The Kier molecular flexibility index (Phi) is 5.85. The molecular formula is C11H21NO4. The van der Waals surface area contributed by atoms with Gasteiger partial charge < -0.3 is 15.2 Å². The minimum atomic E-state index is -0.897. The Morgan fingerprint density at radius 1 is 1.38 bits per heavy atom. The predicted molar refractivity (Wildman–Crippen MR) is 60.2 cm³/mol. The number of alkyl carbamates (subject to hydrolysis) is 1. The summed E-state index contributed by atoms with van der Waals surface area (Å²) in [5.41, 5.74) is -0.0839. The maximum atomic E-state index is 11.0. The summed E-state index contributed by atoms with van der Waals surface area (Å²) in [5.74, 6) is -1.48. The zero-order chi connectivity index (χ0) is 12.8. The third-order valence-electron chi connectivity index (χ3n) is 1.98. The minimum Gasteiger partial charge on any atom is -0.481 e. The molecular weight excluding hydrogens is 210 g/mol. The molecule has 0 rings (SSSR count). The molecule has 0 aromatic rings. The second-order valence-electron chi connectivity index (χ2n) is 4.90. The highest BCUT2D eigenvalue weighted by atomic mass is 16.5. The summed E-state index contributed by atoms with van der Waals surface area (Å²) in [6.45, 7) is 7.98. The topological polar surface area (TPSA) is 75.6 Å². The highest BCUT2D eigenvalue weighted by molar-refractivity contribution is 5.72. The van der Waals surface area contributed by atoms with Crippen molar-refractivity contribution in [2.75, 3.05) is 13.2 Å². The lowest BCUT2D eigenvalue weighted by Crippen LogP contribution is -2.35. The third kappa shape index (κ3) is 7.09. The van der Waals surface area contributed by atoms with Crippen LogP contribution in [0.1, 0.15) is 34.1 Å². The standard InChI is InChI=1S/C11H21NO4/c1-5-16-10(15)12-7-8(9(13)14)6-11(2,3)4/h8H,5-7H2,1-4H3,(H,12,15)(H,13,14). The van der Waals surface area contributed by atoms with Gasteiger partial charge in [-0.1, -0.05) is 20.8 Å². The van der Waals surface area contributed by atoms with Crippen LogP contribution in [0, 0.1) is 11.3 Å². The molecule has 16 heavy (non-hydrogen) atoms. The Morgan fingerprint density at radius 2 is 1.94 bits per heavy atom. The second-order valence-corrected chi connectivity index (χ2v) is 4.90. The molecule has 0 aliphatic carbocycles. The first-order valence-electron chi connectivity index (χ1n) is 5.39. The molecule has 1 atom stereocenters. The van der Waals surface area contributed by atoms with E-state index in [2.05, 4.69) is 10.1 Å². The monoisotopic (exact) mass is 231 g/mol. The van der Waals surface area contributed by atoms with Crippen molar-refractivity contribution >= 4 is 12.1 Å². The molecule has 0 aromatic carbocycles. The fourth-order valence-corrected chi connectivity index (χ4v) is 1.37. The van der Waals surface area contributed by atoms with E-state index in [4.69, 9.17) is 5.11 Å². The van der Waals surface area contributed by atoms with E-state index < -0.39 is 18.0 Å². The highest BCUT2D eigenvalue weighted by Crippen LogP contribution is 2.24. The number of hydrogen-bond donors (Lipinski definition) is 2. The molecule has 0 aromatic heterocycles. The van der Waals surface area contributed by atoms with E-state index >= 15 is 0 Å². The SMILES string of the molecule is CCOC(=O)NCC(CC(C)(C)C)C(=O)O. The average Bonchev–Trinajstić information content (AvgIpc) is 2.10. The quantitative estimate of drug-likeness (QED) is 0.757. The van der Waals surface area contributed by atoms with Crippen molar-refractivity contribution < 1.29 is 19.4 Å². The molecule has 5 heteroatoms. The molecule has 0 fully saturated rings. The Bertz CT molecular complexity index is 245. The first-order chi connectivity index (χ1) is 7.26. The number of carbonyl (C=O) groups is 2. The van der Waals surface area contributed by atoms with Crippen LogP contribution in [-0.4, -0.2) is 30.3 Å². The smallest absolute Gasteiger partial charge is 0.407 e. The summed E-state index contributed by atoms with van der Waals surface area (Å²) in [6, 6.07) is 0. The normalized spacial score (nSPS) is 13.0. The van der Waals surface area contributed by atoms with Crippen LogP contribution in [-0.2, 0) is 9.53 Å². The van der Waals surface area contributed by atoms with E-state index in [1.807, 2.05) is 20.8 Å². The lowest BCUT2D eigenvalue weighted by Gasteiger charge is -2.23. The van der Waals surface area contributed by atoms with Gasteiger partial charge in [-0.25, -0.2) is 4.79 Å². The number of nitrogens with one attached hydrogen (secondary N) is 1. The van der Waals surface area contributed by atoms with Crippen LogP contribution in [0.3, 0.4) is 0 Å². The number of carboxylic acid groups (broad SMARTS) is 1. The maximum absolute atomic E-state index is 11.0. The summed E-state index contributed by atoms with van der Waals surface area (Å²) < 4.78 is 4.66. The van der Waals surface area contributed by atoms with Gasteiger partial charge in [-0.3, -0.25) is 4.79 Å². The number of aliphatic carboxylic acids is 1. The Balaban J connectivity index is 4.15. The molecule has 0 heterocycles. The van der Waals surface area contributed by atoms with Gasteiger partial charge in [-0.05, 0) is 18.8 Å². The van der Waals surface area contributed by atoms with Crippen molar-refractivity contribution in [1.82, 2.24) is 5.32 Å². The second kappa shape index (κ2) is 6.35. The number of rotatable bonds is 5. The molecule has 0 saturated carbocycles. The molecule has 0 saturated heterocycles. The van der Waals surface area contributed by atoms with E-state index in [9.17, 15) is 9.59 Å². The Hall–Kier alpha value is -1.26. The molecule has 0 bridgehead atoms. The molecule has 5 nitrogen and oxygen atoms in total. The van der Waals surface area contributed by atoms with Gasteiger partial charge in [-0.15, -0.1) is 0 Å². The van der Waals surface area contributed by atoms with E-state index in [0.717, 1.165) is 0 Å². The average molecular weight is 231 g/mol. The van der Waals surface area contributed by atoms with Crippen molar-refractivity contribution in [3.8, 4) is 0 Å². The number of carboxylic acids is 1. The first-order valence-corrected chi connectivity index (χ1v) is 5.39. The van der Waals surface area contributed by atoms with Crippen molar-refractivity contribution in [3.05, 3.63) is 0 Å². The van der Waals surface area contributed by atoms with Crippen LogP contribution in [0.5, 0.6) is 0 Å². The van der Waals surface area contributed by atoms with Crippen LogP contribution in [0.4, 0.5) is 4.79 Å². The summed E-state index contributed by atoms with van der Waals surface area (Å²) in [7, 11) is 0. The lowest BCUT2D eigenvalue weighted by atomic mass is 9.84. The first kappa shape index (κ1) is 14.7. The van der Waals surface area contributed by atoms with E-state index in [1.165, 1.54) is 0 Å². The van der Waals surface area contributed by atoms with Crippen LogP contribution >= 0.6 is 0 Å². The number of ether oxygens (including phenoxy) is 1. The Morgan fingerprint density at radius 3 is 2.31 bits per heavy atom. The molecule has 0 radical (unpaired) electrons. The van der Waals surface area contributed by atoms with Crippen molar-refractivity contribution in [1.29, 1.82) is 0 Å². The third-order valence-corrected chi connectivity index (χ3v) is 1.98. The highest BCUT2D eigenvalue weighted by Gasteiger charge is 2.25. The van der Waals surface area contributed by atoms with Gasteiger partial charge in [0.05, 0.1) is 12.5 Å². The van der Waals surface area contributed by atoms with Gasteiger partial charge in [-0.2, -0.15) is 0 Å². The minimum absolute atomic E-state index is 0.0839. The van der Waals surface area contributed by atoms with Crippen molar-refractivity contribution in [3.63, 3.8) is 0 Å². The summed E-state index contributed by atoms with van der Waals surface area (Å²) in [5, 5.41) is 11.4. The largest absolute Gasteiger partial charge is 0.481 e. The number of carbonyl (C=O) groups excluding carboxylic acids is 1. The van der Waals surface area contributed by atoms with Crippen LogP contribution < -0.4 is 5.32 Å². The maximum Gasteiger partial charge on any atom is 0.407 e. The van der Waals surface area contributed by atoms with Crippen molar-refractivity contribution in [2.24, 2.45) is 11.3 Å². The van der Waals surface area contributed by atoms with Gasteiger partial charge in [0.2, 0.25) is 0 Å². The van der Waals surface area contributed by atoms with E-state index in [-0.39, 0.29) is 18.6 Å². The zero-order valence-electron chi connectivity index (χ0n) is 10.4. The number of hydrogen-bond acceptors (Lipinski definition) is 3. The predicted octanol–water partition coefficient (Wildman–Crippen LogP) is 1.87. The fraction of sp³-hybridized carbons (Fsp3) is 0.818. The van der Waals surface area contributed by atoms with Gasteiger partial charge in [0, 0.05) is 6.54 Å². The van der Waals surface area contributed by atoms with Crippen LogP contribution in [0.25, 0.3) is 0 Å². The van der Waals surface area contributed by atoms with Crippen LogP contribution in [0.2, 0.25) is 0 Å². The Labute approximate surface area is 96.2 Å². The molecule has 94 valence electrons. The van der Waals surface area contributed by atoms with Gasteiger partial charge >= 0.3 is 12.1 Å². The molecule has 0 spiro atoms. The van der Waals surface area contributed by atoms with Crippen molar-refractivity contribution in [2.45, 2.75) is 34.1 Å². The molecule has 1 unspecified atom stereocenters. The van der Waals surface area contributed by atoms with Gasteiger partial charge in [0.1, 0.15) is 0 Å². The molecule has 0 aliphatic heterocycles.